The predicted octanol–water partition coefficient (Wildman–Crippen LogP) is 1.36. The smallest absolute Gasteiger partial charge is 0.308 e. The molecule has 0 aromatic heterocycles. The van der Waals surface area contributed by atoms with Crippen molar-refractivity contribution in [1.82, 2.24) is 4.72 Å². The zero-order valence-electron chi connectivity index (χ0n) is 10.0. The van der Waals surface area contributed by atoms with Gasteiger partial charge in [0.25, 0.3) is 0 Å². The minimum atomic E-state index is -4.03. The van der Waals surface area contributed by atoms with Crippen molar-refractivity contribution < 1.29 is 22.7 Å². The van der Waals surface area contributed by atoms with Gasteiger partial charge in [-0.1, -0.05) is 18.6 Å². The second kappa shape index (κ2) is 5.26. The molecule has 1 fully saturated rings. The van der Waals surface area contributed by atoms with E-state index in [1.807, 2.05) is 0 Å². The molecule has 0 saturated heterocycles. The lowest BCUT2D eigenvalue weighted by atomic mass is 10.1. The number of halogens is 1. The van der Waals surface area contributed by atoms with E-state index in [2.05, 4.69) is 4.72 Å². The molecule has 5 nitrogen and oxygen atoms in total. The van der Waals surface area contributed by atoms with Gasteiger partial charge in [0.1, 0.15) is 10.7 Å². The fraction of sp³-hybridized carbons (Fsp3) is 0.417. The first-order valence-electron chi connectivity index (χ1n) is 5.91. The van der Waals surface area contributed by atoms with Gasteiger partial charge in [0, 0.05) is 6.04 Å². The monoisotopic (exact) mass is 287 g/mol. The maximum absolute atomic E-state index is 13.5. The van der Waals surface area contributed by atoms with Gasteiger partial charge in [0.2, 0.25) is 10.0 Å². The molecular weight excluding hydrogens is 273 g/mol. The van der Waals surface area contributed by atoms with Crippen molar-refractivity contribution >= 4 is 16.0 Å². The number of benzene rings is 1. The molecule has 0 heterocycles. The summed E-state index contributed by atoms with van der Waals surface area (Å²) in [6.07, 6.45) is 1.52. The van der Waals surface area contributed by atoms with Crippen molar-refractivity contribution in [2.45, 2.75) is 30.2 Å². The predicted molar refractivity (Wildman–Crippen MR) is 65.5 cm³/mol. The quantitative estimate of drug-likeness (QED) is 0.875. The average Bonchev–Trinajstić information content (AvgIpc) is 2.76. The second-order valence-corrected chi connectivity index (χ2v) is 6.22. The first-order chi connectivity index (χ1) is 8.92. The van der Waals surface area contributed by atoms with E-state index >= 15 is 0 Å². The molecule has 0 radical (unpaired) electrons. The highest BCUT2D eigenvalue weighted by Crippen LogP contribution is 2.27. The standard InChI is InChI=1S/C12H14FNO4S/c13-9-5-1-2-7-11(9)19(17,18)14-10-6-3-4-8(10)12(15)16/h1-2,5,7-8,10,14H,3-4,6H2,(H,15,16). The van der Waals surface area contributed by atoms with Crippen molar-refractivity contribution in [2.75, 3.05) is 0 Å². The zero-order chi connectivity index (χ0) is 14.0. The highest BCUT2D eigenvalue weighted by molar-refractivity contribution is 7.89. The van der Waals surface area contributed by atoms with Crippen LogP contribution in [0.25, 0.3) is 0 Å². The van der Waals surface area contributed by atoms with E-state index in [1.165, 1.54) is 12.1 Å². The van der Waals surface area contributed by atoms with Crippen LogP contribution in [0, 0.1) is 11.7 Å². The summed E-state index contributed by atoms with van der Waals surface area (Å²) in [7, 11) is -4.03. The molecule has 104 valence electrons. The molecule has 2 N–H and O–H groups in total. The summed E-state index contributed by atoms with van der Waals surface area (Å²) in [6.45, 7) is 0. The van der Waals surface area contributed by atoms with Crippen molar-refractivity contribution in [2.24, 2.45) is 5.92 Å². The molecule has 0 amide bonds. The molecule has 1 aliphatic carbocycles. The first kappa shape index (κ1) is 14.0. The molecule has 2 unspecified atom stereocenters. The summed E-state index contributed by atoms with van der Waals surface area (Å²) >= 11 is 0. The number of hydrogen-bond acceptors (Lipinski definition) is 3. The molecule has 1 saturated carbocycles. The van der Waals surface area contributed by atoms with E-state index in [0.29, 0.717) is 19.3 Å². The van der Waals surface area contributed by atoms with Crippen LogP contribution < -0.4 is 4.72 Å². The Hall–Kier alpha value is -1.47. The molecule has 1 aromatic rings. The SMILES string of the molecule is O=C(O)C1CCCC1NS(=O)(=O)c1ccccc1F. The Morgan fingerprint density at radius 2 is 2.00 bits per heavy atom. The van der Waals surface area contributed by atoms with E-state index < -0.39 is 38.7 Å². The van der Waals surface area contributed by atoms with Gasteiger partial charge in [-0.05, 0) is 25.0 Å². The summed E-state index contributed by atoms with van der Waals surface area (Å²) in [5, 5.41) is 9.00. The zero-order valence-corrected chi connectivity index (χ0v) is 10.9. The minimum Gasteiger partial charge on any atom is -0.481 e. The number of rotatable bonds is 4. The van der Waals surface area contributed by atoms with Crippen LogP contribution in [0.2, 0.25) is 0 Å². The van der Waals surface area contributed by atoms with E-state index in [4.69, 9.17) is 5.11 Å². The van der Waals surface area contributed by atoms with Gasteiger partial charge in [-0.2, -0.15) is 0 Å². The summed E-state index contributed by atoms with van der Waals surface area (Å²) in [5.74, 6) is -2.62. The molecule has 2 rings (SSSR count). The lowest BCUT2D eigenvalue weighted by Crippen LogP contribution is -2.40. The van der Waals surface area contributed by atoms with Crippen LogP contribution in [0.3, 0.4) is 0 Å². The maximum Gasteiger partial charge on any atom is 0.308 e. The fourth-order valence-electron chi connectivity index (χ4n) is 2.32. The summed E-state index contributed by atoms with van der Waals surface area (Å²) in [6, 6.07) is 4.34. The third kappa shape index (κ3) is 2.93. The molecule has 0 aliphatic heterocycles. The Labute approximate surface area is 110 Å². The Morgan fingerprint density at radius 1 is 1.32 bits per heavy atom. The fourth-order valence-corrected chi connectivity index (χ4v) is 3.71. The number of hydrogen-bond donors (Lipinski definition) is 2. The van der Waals surface area contributed by atoms with Crippen LogP contribution >= 0.6 is 0 Å². The number of nitrogens with one attached hydrogen (secondary N) is 1. The number of carbonyl (C=O) groups is 1. The van der Waals surface area contributed by atoms with Crippen molar-refractivity contribution in [1.29, 1.82) is 0 Å². The molecule has 0 bridgehead atoms. The van der Waals surface area contributed by atoms with Crippen LogP contribution in [0.4, 0.5) is 4.39 Å². The third-order valence-electron chi connectivity index (χ3n) is 3.27. The number of sulfonamides is 1. The number of carboxylic acids is 1. The van der Waals surface area contributed by atoms with Gasteiger partial charge in [0.05, 0.1) is 5.92 Å². The Morgan fingerprint density at radius 3 is 2.63 bits per heavy atom. The molecule has 0 spiro atoms. The number of carboxylic acid groups (broad SMARTS) is 1. The Bertz CT molecular complexity index is 587. The van der Waals surface area contributed by atoms with Crippen LogP contribution in [0.15, 0.2) is 29.2 Å². The minimum absolute atomic E-state index is 0.430. The second-order valence-electron chi connectivity index (χ2n) is 4.53. The van der Waals surface area contributed by atoms with Gasteiger partial charge >= 0.3 is 5.97 Å². The van der Waals surface area contributed by atoms with Gasteiger partial charge in [-0.25, -0.2) is 17.5 Å². The van der Waals surface area contributed by atoms with E-state index in [1.54, 1.807) is 0 Å². The highest BCUT2D eigenvalue weighted by atomic mass is 32.2. The van der Waals surface area contributed by atoms with Gasteiger partial charge in [0.15, 0.2) is 0 Å². The van der Waals surface area contributed by atoms with Crippen LogP contribution in [-0.2, 0) is 14.8 Å². The van der Waals surface area contributed by atoms with Gasteiger partial charge in [-0.3, -0.25) is 4.79 Å². The van der Waals surface area contributed by atoms with E-state index in [-0.39, 0.29) is 0 Å². The lowest BCUT2D eigenvalue weighted by Gasteiger charge is -2.17. The maximum atomic E-state index is 13.5. The normalized spacial score (nSPS) is 23.4. The van der Waals surface area contributed by atoms with E-state index in [9.17, 15) is 17.6 Å². The van der Waals surface area contributed by atoms with Crippen molar-refractivity contribution in [3.8, 4) is 0 Å². The van der Waals surface area contributed by atoms with Crippen LogP contribution in [-0.4, -0.2) is 25.5 Å². The Balaban J connectivity index is 2.23. The Kier molecular flexibility index (Phi) is 3.86. The highest BCUT2D eigenvalue weighted by Gasteiger charge is 2.36. The van der Waals surface area contributed by atoms with Crippen molar-refractivity contribution in [3.05, 3.63) is 30.1 Å². The lowest BCUT2D eigenvalue weighted by molar-refractivity contribution is -0.141. The molecule has 2 atom stereocenters. The van der Waals surface area contributed by atoms with Crippen LogP contribution in [0.5, 0.6) is 0 Å². The molecular formula is C12H14FNO4S. The topological polar surface area (TPSA) is 83.5 Å². The summed E-state index contributed by atoms with van der Waals surface area (Å²) in [4.78, 5) is 10.5. The molecule has 1 aromatic carbocycles. The molecule has 19 heavy (non-hydrogen) atoms. The van der Waals surface area contributed by atoms with E-state index in [0.717, 1.165) is 12.1 Å². The average molecular weight is 287 g/mol. The summed E-state index contributed by atoms with van der Waals surface area (Å²) < 4.78 is 39.8. The van der Waals surface area contributed by atoms with Crippen LogP contribution in [0.1, 0.15) is 19.3 Å². The summed E-state index contributed by atoms with van der Waals surface area (Å²) in [5.41, 5.74) is 0. The molecule has 7 heteroatoms. The number of aliphatic carboxylic acids is 1. The van der Waals surface area contributed by atoms with Gasteiger partial charge < -0.3 is 5.11 Å². The largest absolute Gasteiger partial charge is 0.481 e. The van der Waals surface area contributed by atoms with Crippen molar-refractivity contribution in [3.63, 3.8) is 0 Å². The third-order valence-corrected chi connectivity index (χ3v) is 4.79. The van der Waals surface area contributed by atoms with Gasteiger partial charge in [-0.15, -0.1) is 0 Å². The first-order valence-corrected chi connectivity index (χ1v) is 7.40. The molecule has 1 aliphatic rings.